The molecule has 0 aliphatic rings. The number of aliphatic hydroxyl groups is 2. The quantitative estimate of drug-likeness (QED) is 0.0420. The van der Waals surface area contributed by atoms with E-state index in [1.165, 1.54) is 372 Å². The highest BCUT2D eigenvalue weighted by Crippen LogP contribution is 2.20. The third kappa shape index (κ3) is 67.4. The summed E-state index contributed by atoms with van der Waals surface area (Å²) in [5.41, 5.74) is 0. The van der Waals surface area contributed by atoms with Crippen molar-refractivity contribution in [3.8, 4) is 0 Å². The number of carbonyl (C=O) groups is 1. The van der Waals surface area contributed by atoms with E-state index in [2.05, 4.69) is 43.5 Å². The van der Waals surface area contributed by atoms with Gasteiger partial charge in [0.25, 0.3) is 0 Å². The molecule has 0 aromatic heterocycles. The standard InChI is InChI=1S/C76H147NO3/c1-3-5-7-9-11-13-15-17-19-21-23-25-27-29-31-33-34-35-36-37-38-39-40-41-42-44-46-48-50-52-54-56-58-60-62-64-66-68-70-72-76(80)77-74(73-78)75(79)71-69-67-65-63-61-59-57-55-53-51-49-47-45-43-32-30-28-26-24-22-20-18-16-14-12-10-8-6-4-2/h15,17,21,23,69,71,74-75,78-79H,3-14,16,18-20,22,24-68,70,72-73H2,1-2H3,(H,77,80)/b17-15-,23-21-,71-69+. The molecule has 0 rings (SSSR count). The molecule has 0 aliphatic carbocycles. The second kappa shape index (κ2) is 71.9. The number of hydrogen-bond acceptors (Lipinski definition) is 3. The Morgan fingerprint density at radius 3 is 0.750 bits per heavy atom. The van der Waals surface area contributed by atoms with Gasteiger partial charge in [-0.25, -0.2) is 0 Å². The number of rotatable bonds is 70. The Morgan fingerprint density at radius 1 is 0.300 bits per heavy atom. The van der Waals surface area contributed by atoms with Crippen LogP contribution in [0.4, 0.5) is 0 Å². The summed E-state index contributed by atoms with van der Waals surface area (Å²) in [7, 11) is 0. The van der Waals surface area contributed by atoms with Crippen molar-refractivity contribution in [3.63, 3.8) is 0 Å². The van der Waals surface area contributed by atoms with Gasteiger partial charge in [0.05, 0.1) is 18.8 Å². The zero-order valence-electron chi connectivity index (χ0n) is 54.9. The Hall–Kier alpha value is -1.39. The van der Waals surface area contributed by atoms with Crippen LogP contribution in [-0.4, -0.2) is 34.9 Å². The Morgan fingerprint density at radius 2 is 0.512 bits per heavy atom. The second-order valence-corrected chi connectivity index (χ2v) is 25.7. The Labute approximate surface area is 503 Å². The third-order valence-electron chi connectivity index (χ3n) is 17.6. The van der Waals surface area contributed by atoms with E-state index in [1.54, 1.807) is 6.08 Å². The van der Waals surface area contributed by atoms with Gasteiger partial charge in [0.2, 0.25) is 5.91 Å². The molecule has 80 heavy (non-hydrogen) atoms. The van der Waals surface area contributed by atoms with Gasteiger partial charge < -0.3 is 15.5 Å². The lowest BCUT2D eigenvalue weighted by Gasteiger charge is -2.20. The smallest absolute Gasteiger partial charge is 0.220 e. The van der Waals surface area contributed by atoms with Gasteiger partial charge in [-0.1, -0.05) is 403 Å². The fourth-order valence-electron chi connectivity index (χ4n) is 12.0. The number of hydrogen-bond donors (Lipinski definition) is 3. The Balaban J connectivity index is 3.39. The highest BCUT2D eigenvalue weighted by molar-refractivity contribution is 5.76. The molecule has 0 aliphatic heterocycles. The average Bonchev–Trinajstić information content (AvgIpc) is 3.46. The summed E-state index contributed by atoms with van der Waals surface area (Å²) in [6.45, 7) is 4.35. The molecule has 0 aromatic carbocycles. The number of aliphatic hydroxyl groups excluding tert-OH is 2. The van der Waals surface area contributed by atoms with Gasteiger partial charge in [-0.2, -0.15) is 0 Å². The zero-order valence-corrected chi connectivity index (χ0v) is 54.9. The minimum absolute atomic E-state index is 0.0540. The number of amides is 1. The van der Waals surface area contributed by atoms with Crippen LogP contribution in [0, 0.1) is 0 Å². The molecule has 1 amide bonds. The van der Waals surface area contributed by atoms with Crippen LogP contribution in [0.3, 0.4) is 0 Å². The molecule has 474 valence electrons. The lowest BCUT2D eigenvalue weighted by atomic mass is 10.0. The first-order chi connectivity index (χ1) is 39.7. The molecule has 0 bridgehead atoms. The predicted octanol–water partition coefficient (Wildman–Crippen LogP) is 25.5. The molecule has 2 unspecified atom stereocenters. The van der Waals surface area contributed by atoms with E-state index in [-0.39, 0.29) is 12.5 Å². The highest BCUT2D eigenvalue weighted by atomic mass is 16.3. The maximum Gasteiger partial charge on any atom is 0.220 e. The van der Waals surface area contributed by atoms with E-state index in [4.69, 9.17) is 0 Å². The van der Waals surface area contributed by atoms with Crippen molar-refractivity contribution in [2.75, 3.05) is 6.61 Å². The second-order valence-electron chi connectivity index (χ2n) is 25.7. The van der Waals surface area contributed by atoms with Crippen molar-refractivity contribution in [3.05, 3.63) is 36.5 Å². The van der Waals surface area contributed by atoms with Crippen LogP contribution < -0.4 is 5.32 Å². The molecule has 0 spiro atoms. The summed E-state index contributed by atoms with van der Waals surface area (Å²) in [5, 5.41) is 23.3. The van der Waals surface area contributed by atoms with Crippen LogP contribution >= 0.6 is 0 Å². The lowest BCUT2D eigenvalue weighted by molar-refractivity contribution is -0.123. The molecule has 3 N–H and O–H groups in total. The van der Waals surface area contributed by atoms with Gasteiger partial charge in [-0.05, 0) is 51.4 Å². The Bertz CT molecular complexity index is 1230. The molecule has 2 atom stereocenters. The minimum atomic E-state index is -0.839. The first-order valence-electron chi connectivity index (χ1n) is 37.2. The lowest BCUT2D eigenvalue weighted by Crippen LogP contribution is -2.45. The van der Waals surface area contributed by atoms with Gasteiger partial charge in [-0.15, -0.1) is 0 Å². The molecule has 0 aromatic rings. The maximum atomic E-state index is 12.6. The van der Waals surface area contributed by atoms with Crippen molar-refractivity contribution in [1.82, 2.24) is 5.32 Å². The number of nitrogens with one attached hydrogen (secondary N) is 1. The summed E-state index contributed by atoms with van der Waals surface area (Å²) in [6.07, 6.45) is 99.8. The van der Waals surface area contributed by atoms with Gasteiger partial charge in [0, 0.05) is 6.42 Å². The fourth-order valence-corrected chi connectivity index (χ4v) is 12.0. The van der Waals surface area contributed by atoms with Crippen LogP contribution in [0.2, 0.25) is 0 Å². The molecule has 0 saturated carbocycles. The molecule has 0 radical (unpaired) electrons. The molecule has 4 nitrogen and oxygen atoms in total. The summed E-state index contributed by atoms with van der Waals surface area (Å²) in [4.78, 5) is 12.6. The Kier molecular flexibility index (Phi) is 70.6. The summed E-state index contributed by atoms with van der Waals surface area (Å²) in [5.74, 6) is -0.0540. The van der Waals surface area contributed by atoms with Crippen LogP contribution in [-0.2, 0) is 4.79 Å². The normalized spacial score (nSPS) is 12.8. The number of allylic oxidation sites excluding steroid dienone is 5. The van der Waals surface area contributed by atoms with Crippen molar-refractivity contribution in [2.24, 2.45) is 0 Å². The third-order valence-corrected chi connectivity index (χ3v) is 17.6. The molecular formula is C76H147NO3. The van der Waals surface area contributed by atoms with E-state index in [9.17, 15) is 15.0 Å². The molecule has 0 heterocycles. The van der Waals surface area contributed by atoms with Crippen molar-refractivity contribution in [1.29, 1.82) is 0 Å². The summed E-state index contributed by atoms with van der Waals surface area (Å²) < 4.78 is 0. The summed E-state index contributed by atoms with van der Waals surface area (Å²) >= 11 is 0. The van der Waals surface area contributed by atoms with Crippen LogP contribution in [0.5, 0.6) is 0 Å². The molecule has 0 fully saturated rings. The maximum absolute atomic E-state index is 12.6. The van der Waals surface area contributed by atoms with E-state index < -0.39 is 12.1 Å². The van der Waals surface area contributed by atoms with E-state index >= 15 is 0 Å². The predicted molar refractivity (Wildman–Crippen MR) is 359 cm³/mol. The zero-order chi connectivity index (χ0) is 57.6. The summed E-state index contributed by atoms with van der Waals surface area (Å²) in [6, 6.07) is -0.622. The van der Waals surface area contributed by atoms with Crippen molar-refractivity contribution < 1.29 is 15.0 Å². The van der Waals surface area contributed by atoms with Gasteiger partial charge in [-0.3, -0.25) is 4.79 Å². The van der Waals surface area contributed by atoms with Crippen LogP contribution in [0.1, 0.15) is 425 Å². The van der Waals surface area contributed by atoms with Gasteiger partial charge >= 0.3 is 0 Å². The van der Waals surface area contributed by atoms with Crippen molar-refractivity contribution >= 4 is 5.91 Å². The van der Waals surface area contributed by atoms with Gasteiger partial charge in [0.15, 0.2) is 0 Å². The average molecular weight is 1120 g/mol. The molecular weight excluding hydrogens is 975 g/mol. The SMILES string of the molecule is CCCCCCC/C=C\C/C=C\CCCCCCCCCCCCCCCCCCCCCCCCCCCCCC(=O)NC(CO)C(O)/C=C/CCCCCCCCCCCCCCCCCCCCCCCCCCCCC. The highest BCUT2D eigenvalue weighted by Gasteiger charge is 2.18. The monoisotopic (exact) mass is 1120 g/mol. The number of unbranched alkanes of at least 4 members (excludes halogenated alkanes) is 59. The minimum Gasteiger partial charge on any atom is -0.394 e. The van der Waals surface area contributed by atoms with Crippen LogP contribution in [0.25, 0.3) is 0 Å². The first kappa shape index (κ1) is 78.6. The molecule has 0 saturated heterocycles. The van der Waals surface area contributed by atoms with Gasteiger partial charge in [0.1, 0.15) is 0 Å². The van der Waals surface area contributed by atoms with E-state index in [0.29, 0.717) is 6.42 Å². The van der Waals surface area contributed by atoms with Crippen LogP contribution in [0.15, 0.2) is 36.5 Å². The topological polar surface area (TPSA) is 69.6 Å². The van der Waals surface area contributed by atoms with E-state index in [1.807, 2.05) is 6.08 Å². The fraction of sp³-hybridized carbons (Fsp3) is 0.908. The van der Waals surface area contributed by atoms with Crippen molar-refractivity contribution in [2.45, 2.75) is 437 Å². The molecule has 4 heteroatoms. The number of carbonyl (C=O) groups excluding carboxylic acids is 1. The first-order valence-corrected chi connectivity index (χ1v) is 37.2. The van der Waals surface area contributed by atoms with E-state index in [0.717, 1.165) is 32.1 Å². The largest absolute Gasteiger partial charge is 0.394 e.